The van der Waals surface area contributed by atoms with Crippen LogP contribution in [0.5, 0.6) is 11.5 Å². The summed E-state index contributed by atoms with van der Waals surface area (Å²) in [6, 6.07) is 2.22. The zero-order chi connectivity index (χ0) is 12.4. The number of benzene rings is 1. The Labute approximate surface area is 130 Å². The van der Waals surface area contributed by atoms with Crippen LogP contribution in [0.3, 0.4) is 0 Å². The van der Waals surface area contributed by atoms with Gasteiger partial charge in [0.05, 0.1) is 11.6 Å². The van der Waals surface area contributed by atoms with E-state index in [0.717, 1.165) is 23.0 Å². The minimum atomic E-state index is 0. The van der Waals surface area contributed by atoms with E-state index in [1.165, 1.54) is 12.8 Å². The molecule has 0 saturated carbocycles. The summed E-state index contributed by atoms with van der Waals surface area (Å²) >= 11 is 6.91. The largest absolute Gasteiger partial charge is 0.503 e. The molecule has 1 heterocycles. The number of aromatic hydroxyl groups is 1. The van der Waals surface area contributed by atoms with Gasteiger partial charge < -0.3 is 15.2 Å². The highest BCUT2D eigenvalue weighted by Gasteiger charge is 2.22. The van der Waals surface area contributed by atoms with Crippen LogP contribution in [0.2, 0.25) is 0 Å². The third kappa shape index (κ3) is 3.13. The molecule has 1 aromatic carbocycles. The van der Waals surface area contributed by atoms with Crippen LogP contribution in [0.25, 0.3) is 0 Å². The van der Waals surface area contributed by atoms with E-state index in [1.807, 2.05) is 6.07 Å². The van der Waals surface area contributed by atoms with Gasteiger partial charge in [-0.05, 0) is 62.9 Å². The van der Waals surface area contributed by atoms with E-state index < -0.39 is 0 Å². The van der Waals surface area contributed by atoms with Crippen molar-refractivity contribution in [2.75, 3.05) is 13.7 Å². The average Bonchev–Trinajstić information content (AvgIpc) is 2.37. The fourth-order valence-electron chi connectivity index (χ4n) is 2.14. The van der Waals surface area contributed by atoms with Gasteiger partial charge in [-0.1, -0.05) is 6.42 Å². The van der Waals surface area contributed by atoms with Gasteiger partial charge in [0.2, 0.25) is 0 Å². The predicted molar refractivity (Wildman–Crippen MR) is 81.9 cm³/mol. The number of nitrogens with one attached hydrogen (secondary N) is 1. The molecule has 0 radical (unpaired) electrons. The zero-order valence-electron chi connectivity index (χ0n) is 10.0. The molecule has 1 aliphatic heterocycles. The first-order valence-electron chi connectivity index (χ1n) is 5.63. The van der Waals surface area contributed by atoms with Crippen LogP contribution < -0.4 is 10.1 Å². The van der Waals surface area contributed by atoms with E-state index in [2.05, 4.69) is 37.2 Å². The highest BCUT2D eigenvalue weighted by atomic mass is 79.9. The second-order valence-electron chi connectivity index (χ2n) is 4.15. The summed E-state index contributed by atoms with van der Waals surface area (Å²) in [6.07, 6.45) is 3.56. The van der Waals surface area contributed by atoms with E-state index in [0.29, 0.717) is 16.3 Å². The molecule has 3 nitrogen and oxygen atoms in total. The van der Waals surface area contributed by atoms with Gasteiger partial charge in [-0.2, -0.15) is 0 Å². The number of rotatable bonds is 2. The number of phenolic OH excluding ortho intramolecular Hbond substituents is 1. The maximum absolute atomic E-state index is 9.88. The molecule has 1 saturated heterocycles. The second-order valence-corrected chi connectivity index (χ2v) is 5.73. The Kier molecular flexibility index (Phi) is 6.24. The van der Waals surface area contributed by atoms with E-state index in [1.54, 1.807) is 7.11 Å². The average molecular weight is 402 g/mol. The fourth-order valence-corrected chi connectivity index (χ4v) is 3.14. The number of hydrogen-bond acceptors (Lipinski definition) is 3. The van der Waals surface area contributed by atoms with Gasteiger partial charge in [-0.15, -0.1) is 12.4 Å². The molecular weight excluding hydrogens is 385 g/mol. The molecule has 0 bridgehead atoms. The van der Waals surface area contributed by atoms with Crippen LogP contribution >= 0.6 is 44.3 Å². The lowest BCUT2D eigenvalue weighted by molar-refractivity contribution is 0.366. The second kappa shape index (κ2) is 6.98. The maximum atomic E-state index is 9.88. The topological polar surface area (TPSA) is 41.5 Å². The van der Waals surface area contributed by atoms with Gasteiger partial charge in [-0.3, -0.25) is 0 Å². The monoisotopic (exact) mass is 399 g/mol. The van der Waals surface area contributed by atoms with Crippen LogP contribution in [0, 0.1) is 0 Å². The number of hydrogen-bond donors (Lipinski definition) is 2. The molecule has 0 aromatic heterocycles. The number of ether oxygens (including phenoxy) is 1. The predicted octanol–water partition coefficient (Wildman–Crippen LogP) is 4.16. The minimum Gasteiger partial charge on any atom is -0.503 e. The highest BCUT2D eigenvalue weighted by Crippen LogP contribution is 2.44. The summed E-state index contributed by atoms with van der Waals surface area (Å²) < 4.78 is 6.73. The standard InChI is InChI=1S/C12H15Br2NO2.ClH/c1-17-9-6-7(8-4-2-3-5-15-8)10(13)11(14)12(9)16;/h6,8,15-16H,2-5H2,1H3;1H/t8-;/m1./s1. The lowest BCUT2D eigenvalue weighted by atomic mass is 9.97. The number of methoxy groups -OCH3 is 1. The molecule has 2 N–H and O–H groups in total. The zero-order valence-corrected chi connectivity index (χ0v) is 14.0. The van der Waals surface area contributed by atoms with Crippen LogP contribution in [0.1, 0.15) is 30.9 Å². The minimum absolute atomic E-state index is 0. The molecule has 1 aromatic rings. The summed E-state index contributed by atoms with van der Waals surface area (Å²) in [6.45, 7) is 1.04. The summed E-state index contributed by atoms with van der Waals surface area (Å²) in [5, 5.41) is 13.4. The van der Waals surface area contributed by atoms with E-state index in [4.69, 9.17) is 4.74 Å². The molecule has 18 heavy (non-hydrogen) atoms. The molecule has 0 unspecified atom stereocenters. The third-order valence-corrected chi connectivity index (χ3v) is 5.24. The Bertz CT molecular complexity index is 423. The highest BCUT2D eigenvalue weighted by molar-refractivity contribution is 9.13. The Morgan fingerprint density at radius 2 is 2.06 bits per heavy atom. The van der Waals surface area contributed by atoms with Gasteiger partial charge in [0.15, 0.2) is 11.5 Å². The van der Waals surface area contributed by atoms with Crippen molar-refractivity contribution in [1.29, 1.82) is 0 Å². The van der Waals surface area contributed by atoms with Gasteiger partial charge in [0.1, 0.15) is 0 Å². The molecule has 0 amide bonds. The van der Waals surface area contributed by atoms with Gasteiger partial charge in [0.25, 0.3) is 0 Å². The summed E-state index contributed by atoms with van der Waals surface area (Å²) in [7, 11) is 1.56. The molecule has 0 aliphatic carbocycles. The molecule has 6 heteroatoms. The van der Waals surface area contributed by atoms with Crippen LogP contribution in [-0.4, -0.2) is 18.8 Å². The summed E-state index contributed by atoms with van der Waals surface area (Å²) in [4.78, 5) is 0. The van der Waals surface area contributed by atoms with Crippen molar-refractivity contribution in [3.8, 4) is 11.5 Å². The van der Waals surface area contributed by atoms with E-state index in [-0.39, 0.29) is 18.2 Å². The first kappa shape index (κ1) is 16.1. The van der Waals surface area contributed by atoms with Crippen molar-refractivity contribution in [1.82, 2.24) is 5.32 Å². The van der Waals surface area contributed by atoms with Crippen molar-refractivity contribution in [2.24, 2.45) is 0 Å². The molecule has 0 spiro atoms. The lowest BCUT2D eigenvalue weighted by Gasteiger charge is -2.26. The van der Waals surface area contributed by atoms with Gasteiger partial charge in [0, 0.05) is 10.5 Å². The lowest BCUT2D eigenvalue weighted by Crippen LogP contribution is -2.27. The van der Waals surface area contributed by atoms with E-state index in [9.17, 15) is 5.11 Å². The Hall–Kier alpha value is 0.0300. The smallest absolute Gasteiger partial charge is 0.173 e. The van der Waals surface area contributed by atoms with Crippen LogP contribution in [-0.2, 0) is 0 Å². The Balaban J connectivity index is 0.00000162. The van der Waals surface area contributed by atoms with Gasteiger partial charge in [-0.25, -0.2) is 0 Å². The summed E-state index contributed by atoms with van der Waals surface area (Å²) in [5.74, 6) is 0.640. The van der Waals surface area contributed by atoms with Crippen molar-refractivity contribution in [2.45, 2.75) is 25.3 Å². The number of piperidine rings is 1. The third-order valence-electron chi connectivity index (χ3n) is 3.08. The SMILES string of the molecule is COc1cc([C@H]2CCCCN2)c(Br)c(Br)c1O.Cl. The Morgan fingerprint density at radius 1 is 1.33 bits per heavy atom. The molecule has 1 aliphatic rings. The van der Waals surface area contributed by atoms with Crippen molar-refractivity contribution < 1.29 is 9.84 Å². The molecule has 1 fully saturated rings. The van der Waals surface area contributed by atoms with Crippen molar-refractivity contribution in [3.63, 3.8) is 0 Å². The quantitative estimate of drug-likeness (QED) is 0.782. The number of halogens is 3. The summed E-state index contributed by atoms with van der Waals surface area (Å²) in [5.41, 5.74) is 1.13. The first-order chi connectivity index (χ1) is 8.15. The van der Waals surface area contributed by atoms with E-state index >= 15 is 0 Å². The maximum Gasteiger partial charge on any atom is 0.173 e. The first-order valence-corrected chi connectivity index (χ1v) is 7.22. The Morgan fingerprint density at radius 3 is 2.61 bits per heavy atom. The van der Waals surface area contributed by atoms with Gasteiger partial charge >= 0.3 is 0 Å². The van der Waals surface area contributed by atoms with Crippen molar-refractivity contribution >= 4 is 44.3 Å². The molecule has 2 rings (SSSR count). The molecular formula is C12H16Br2ClNO2. The van der Waals surface area contributed by atoms with Crippen LogP contribution in [0.15, 0.2) is 15.0 Å². The normalized spacial score (nSPS) is 19.2. The van der Waals surface area contributed by atoms with Crippen LogP contribution in [0.4, 0.5) is 0 Å². The molecule has 102 valence electrons. The molecule has 1 atom stereocenters. The van der Waals surface area contributed by atoms with Crippen molar-refractivity contribution in [3.05, 3.63) is 20.6 Å². The fraction of sp³-hybridized carbons (Fsp3) is 0.500. The number of phenols is 1.